The van der Waals surface area contributed by atoms with Gasteiger partial charge in [0.1, 0.15) is 11.5 Å². The maximum absolute atomic E-state index is 12.7. The number of sulfonamides is 1. The molecule has 10 heteroatoms. The number of piperidine rings is 1. The molecule has 1 fully saturated rings. The molecule has 1 aromatic heterocycles. The predicted octanol–water partition coefficient (Wildman–Crippen LogP) is 0.419. The number of nitrogens with two attached hydrogens (primary N) is 1. The lowest BCUT2D eigenvalue weighted by molar-refractivity contribution is -0.125. The van der Waals surface area contributed by atoms with Gasteiger partial charge in [-0.2, -0.15) is 4.31 Å². The lowest BCUT2D eigenvalue weighted by Gasteiger charge is -2.30. The molecule has 26 heavy (non-hydrogen) atoms. The van der Waals surface area contributed by atoms with E-state index >= 15 is 0 Å². The van der Waals surface area contributed by atoms with E-state index in [0.29, 0.717) is 19.2 Å². The number of hydrogen-bond acceptors (Lipinski definition) is 6. The molecule has 2 rings (SSSR count). The molecular formula is C16H23FN4O4S. The van der Waals surface area contributed by atoms with Crippen LogP contribution >= 0.6 is 0 Å². The Bertz CT molecular complexity index is 744. The smallest absolute Gasteiger partial charge is 0.244 e. The van der Waals surface area contributed by atoms with Crippen molar-refractivity contribution in [3.8, 4) is 5.88 Å². The minimum atomic E-state index is -3.68. The van der Waals surface area contributed by atoms with Crippen LogP contribution < -0.4 is 15.8 Å². The summed E-state index contributed by atoms with van der Waals surface area (Å²) in [6.45, 7) is 0.522. The van der Waals surface area contributed by atoms with Gasteiger partial charge in [0, 0.05) is 44.2 Å². The molecule has 0 bridgehead atoms. The van der Waals surface area contributed by atoms with E-state index in [1.807, 2.05) is 0 Å². The van der Waals surface area contributed by atoms with Crippen molar-refractivity contribution in [1.29, 1.82) is 0 Å². The van der Waals surface area contributed by atoms with Crippen molar-refractivity contribution in [1.82, 2.24) is 14.6 Å². The summed E-state index contributed by atoms with van der Waals surface area (Å²) in [6, 6.07) is 2.81. The number of hydrogen-bond donors (Lipinski definition) is 2. The highest BCUT2D eigenvalue weighted by Crippen LogP contribution is 2.24. The molecule has 2 heterocycles. The minimum absolute atomic E-state index is 0.0228. The highest BCUT2D eigenvalue weighted by Gasteiger charge is 2.31. The molecule has 3 N–H and O–H groups in total. The first-order valence-electron chi connectivity index (χ1n) is 8.21. The van der Waals surface area contributed by atoms with Crippen molar-refractivity contribution in [3.05, 3.63) is 30.2 Å². The summed E-state index contributed by atoms with van der Waals surface area (Å²) in [5.74, 6) is -0.0554. The quantitative estimate of drug-likeness (QED) is 0.702. The zero-order chi connectivity index (χ0) is 19.2. The lowest BCUT2D eigenvalue weighted by atomic mass is 9.97. The van der Waals surface area contributed by atoms with Crippen LogP contribution in [0.3, 0.4) is 0 Å². The fourth-order valence-electron chi connectivity index (χ4n) is 2.62. The van der Waals surface area contributed by atoms with Crippen molar-refractivity contribution in [2.75, 3.05) is 33.3 Å². The van der Waals surface area contributed by atoms with Crippen molar-refractivity contribution in [3.63, 3.8) is 0 Å². The summed E-state index contributed by atoms with van der Waals surface area (Å²) >= 11 is 0. The topological polar surface area (TPSA) is 115 Å². The van der Waals surface area contributed by atoms with Gasteiger partial charge < -0.3 is 15.8 Å². The Balaban J connectivity index is 2.00. The largest absolute Gasteiger partial charge is 0.473 e. The monoisotopic (exact) mass is 386 g/mol. The average Bonchev–Trinajstić information content (AvgIpc) is 2.68. The molecule has 1 aromatic rings. The highest BCUT2D eigenvalue weighted by molar-refractivity contribution is 7.89. The number of pyridine rings is 1. The maximum atomic E-state index is 12.7. The second-order valence-corrected chi connectivity index (χ2v) is 7.82. The Morgan fingerprint density at radius 1 is 1.46 bits per heavy atom. The third-order valence-electron chi connectivity index (χ3n) is 4.24. The van der Waals surface area contributed by atoms with Crippen LogP contribution in [0.25, 0.3) is 0 Å². The first-order chi connectivity index (χ1) is 12.4. The van der Waals surface area contributed by atoms with Crippen LogP contribution in [-0.4, -0.2) is 56.9 Å². The normalized spacial score (nSPS) is 17.1. The van der Waals surface area contributed by atoms with Gasteiger partial charge >= 0.3 is 0 Å². The molecule has 1 aliphatic heterocycles. The Morgan fingerprint density at radius 2 is 2.15 bits per heavy atom. The molecule has 144 valence electrons. The molecular weight excluding hydrogens is 363 g/mol. The number of ether oxygens (including phenoxy) is 1. The van der Waals surface area contributed by atoms with Gasteiger partial charge in [-0.1, -0.05) is 0 Å². The number of carbonyl (C=O) groups excluding carboxylic acids is 1. The van der Waals surface area contributed by atoms with Gasteiger partial charge in [-0.15, -0.1) is 0 Å². The molecule has 1 aliphatic rings. The van der Waals surface area contributed by atoms with E-state index in [9.17, 15) is 17.6 Å². The van der Waals surface area contributed by atoms with Crippen LogP contribution in [0, 0.1) is 5.92 Å². The van der Waals surface area contributed by atoms with E-state index in [4.69, 9.17) is 10.5 Å². The molecule has 0 aromatic carbocycles. The van der Waals surface area contributed by atoms with Crippen molar-refractivity contribution < 1.29 is 22.3 Å². The van der Waals surface area contributed by atoms with E-state index in [2.05, 4.69) is 10.3 Å². The van der Waals surface area contributed by atoms with Crippen LogP contribution in [-0.2, 0) is 14.8 Å². The third-order valence-corrected chi connectivity index (χ3v) is 6.12. The summed E-state index contributed by atoms with van der Waals surface area (Å²) in [6.07, 6.45) is 2.54. The van der Waals surface area contributed by atoms with E-state index < -0.39 is 10.0 Å². The molecule has 1 saturated heterocycles. The van der Waals surface area contributed by atoms with E-state index in [1.165, 1.54) is 22.6 Å². The number of carbonyl (C=O) groups is 1. The number of nitrogens with zero attached hydrogens (tertiary/aromatic N) is 2. The number of aromatic nitrogens is 1. The predicted molar refractivity (Wildman–Crippen MR) is 93.5 cm³/mol. The molecule has 8 nitrogen and oxygen atoms in total. The highest BCUT2D eigenvalue weighted by atomic mass is 32.2. The number of nitrogens with one attached hydrogen (secondary N) is 1. The van der Waals surface area contributed by atoms with Crippen molar-refractivity contribution in [2.45, 2.75) is 17.7 Å². The molecule has 0 radical (unpaired) electrons. The van der Waals surface area contributed by atoms with Gasteiger partial charge in [-0.05, 0) is 18.9 Å². The first-order valence-corrected chi connectivity index (χ1v) is 9.65. The van der Waals surface area contributed by atoms with E-state index in [0.717, 1.165) is 0 Å². The lowest BCUT2D eigenvalue weighted by Crippen LogP contribution is -2.42. The zero-order valence-corrected chi connectivity index (χ0v) is 15.3. The molecule has 1 amide bonds. The second kappa shape index (κ2) is 9.06. The van der Waals surface area contributed by atoms with Gasteiger partial charge in [-0.25, -0.2) is 17.8 Å². The summed E-state index contributed by atoms with van der Waals surface area (Å²) in [5, 5.41) is 2.59. The molecule has 0 aliphatic carbocycles. The summed E-state index contributed by atoms with van der Waals surface area (Å²) in [4.78, 5) is 15.6. The van der Waals surface area contributed by atoms with Gasteiger partial charge in [-0.3, -0.25) is 4.79 Å². The molecule has 0 unspecified atom stereocenters. The molecule has 0 atom stereocenters. The fourth-order valence-corrected chi connectivity index (χ4v) is 4.03. The van der Waals surface area contributed by atoms with Crippen LogP contribution in [0.1, 0.15) is 12.8 Å². The minimum Gasteiger partial charge on any atom is -0.473 e. The number of amides is 1. The van der Waals surface area contributed by atoms with E-state index in [1.54, 1.807) is 7.05 Å². The van der Waals surface area contributed by atoms with Crippen LogP contribution in [0.2, 0.25) is 0 Å². The van der Waals surface area contributed by atoms with Crippen LogP contribution in [0.5, 0.6) is 5.88 Å². The summed E-state index contributed by atoms with van der Waals surface area (Å²) in [7, 11) is -2.11. The van der Waals surface area contributed by atoms with Gasteiger partial charge in [0.25, 0.3) is 0 Å². The Labute approximate surface area is 152 Å². The summed E-state index contributed by atoms with van der Waals surface area (Å²) < 4.78 is 44.4. The molecule has 0 saturated carbocycles. The first kappa shape index (κ1) is 20.3. The van der Waals surface area contributed by atoms with Gasteiger partial charge in [0.2, 0.25) is 21.8 Å². The number of rotatable bonds is 7. The second-order valence-electron chi connectivity index (χ2n) is 5.88. The van der Waals surface area contributed by atoms with Crippen molar-refractivity contribution in [2.24, 2.45) is 11.7 Å². The van der Waals surface area contributed by atoms with Crippen LogP contribution in [0.15, 0.2) is 35.1 Å². The van der Waals surface area contributed by atoms with Gasteiger partial charge in [0.05, 0.1) is 12.5 Å². The van der Waals surface area contributed by atoms with Crippen molar-refractivity contribution >= 4 is 15.9 Å². The zero-order valence-electron chi connectivity index (χ0n) is 14.5. The fraction of sp³-hybridized carbons (Fsp3) is 0.500. The SMILES string of the molecule is CNC(=O)C1CCN(S(=O)(=O)c2ccc(OC/C(=C\F)CN)nc2)CC1. The summed E-state index contributed by atoms with van der Waals surface area (Å²) in [5.41, 5.74) is 5.60. The Hall–Kier alpha value is -2.04. The van der Waals surface area contributed by atoms with Gasteiger partial charge in [0.15, 0.2) is 0 Å². The standard InChI is InChI=1S/C16H23FN4O4S/c1-19-16(22)13-4-6-21(7-5-13)26(23,24)14-2-3-15(20-10-14)25-11-12(8-17)9-18/h2-3,8,10,13H,4-7,9,11,18H2,1H3,(H,19,22)/b12-8-. The van der Waals surface area contributed by atoms with E-state index in [-0.39, 0.29) is 54.4 Å². The maximum Gasteiger partial charge on any atom is 0.244 e. The third kappa shape index (κ3) is 4.77. The van der Waals surface area contributed by atoms with Crippen LogP contribution in [0.4, 0.5) is 4.39 Å². The molecule has 0 spiro atoms. The Kier molecular flexibility index (Phi) is 7.06. The number of halogens is 1. The Morgan fingerprint density at radius 3 is 2.65 bits per heavy atom. The average molecular weight is 386 g/mol.